The number of piperidine rings is 1. The van der Waals surface area contributed by atoms with Crippen molar-refractivity contribution < 1.29 is 9.53 Å². The minimum atomic E-state index is 0.0999. The van der Waals surface area contributed by atoms with E-state index in [0.717, 1.165) is 29.1 Å². The van der Waals surface area contributed by atoms with Gasteiger partial charge in [-0.25, -0.2) is 0 Å². The number of aromatic nitrogens is 1. The normalized spacial score (nSPS) is 20.7. The Morgan fingerprint density at radius 1 is 1.17 bits per heavy atom. The molecule has 1 amide bonds. The number of carbonyl (C=O) groups excluding carboxylic acids is 1. The second-order valence-electron chi connectivity index (χ2n) is 8.08. The van der Waals surface area contributed by atoms with Crippen LogP contribution < -0.4 is 5.56 Å². The van der Waals surface area contributed by atoms with Gasteiger partial charge in [0.05, 0.1) is 18.6 Å². The van der Waals surface area contributed by atoms with E-state index >= 15 is 0 Å². The van der Waals surface area contributed by atoms with Crippen LogP contribution in [-0.2, 0) is 16.1 Å². The summed E-state index contributed by atoms with van der Waals surface area (Å²) in [5.74, 6) is 0.723. The Balaban J connectivity index is 1.47. The van der Waals surface area contributed by atoms with E-state index in [-0.39, 0.29) is 17.4 Å². The molecule has 1 aromatic carbocycles. The van der Waals surface area contributed by atoms with Gasteiger partial charge in [0.25, 0.3) is 5.56 Å². The Kier molecular flexibility index (Phi) is 4.76. The van der Waals surface area contributed by atoms with Gasteiger partial charge in [-0.05, 0) is 42.0 Å². The van der Waals surface area contributed by atoms with E-state index in [2.05, 4.69) is 24.3 Å². The SMILES string of the molecule is COCCC(=O)N1C[C@H]2C[C@H](C1)c1ccc(-c3cc4ccccc4s3)c(=O)n1C2. The molecule has 0 aliphatic carbocycles. The molecule has 4 heterocycles. The molecule has 2 aliphatic rings. The molecule has 0 saturated carbocycles. The van der Waals surface area contributed by atoms with E-state index in [1.54, 1.807) is 18.4 Å². The van der Waals surface area contributed by atoms with Gasteiger partial charge in [0.2, 0.25) is 5.91 Å². The summed E-state index contributed by atoms with van der Waals surface area (Å²) in [5, 5.41) is 1.18. The minimum Gasteiger partial charge on any atom is -0.384 e. The lowest BCUT2D eigenvalue weighted by atomic mass is 9.83. The zero-order valence-corrected chi connectivity index (χ0v) is 17.3. The van der Waals surface area contributed by atoms with E-state index in [9.17, 15) is 9.59 Å². The molecule has 0 spiro atoms. The lowest BCUT2D eigenvalue weighted by Gasteiger charge is -2.43. The molecule has 0 radical (unpaired) electrons. The molecule has 2 bridgehead atoms. The fourth-order valence-corrected chi connectivity index (χ4v) is 5.88. The summed E-state index contributed by atoms with van der Waals surface area (Å²) in [4.78, 5) is 28.8. The van der Waals surface area contributed by atoms with Crippen LogP contribution in [0.2, 0.25) is 0 Å². The van der Waals surface area contributed by atoms with E-state index in [4.69, 9.17) is 4.74 Å². The lowest BCUT2D eigenvalue weighted by molar-refractivity contribution is -0.134. The summed E-state index contributed by atoms with van der Waals surface area (Å²) < 4.78 is 8.22. The van der Waals surface area contributed by atoms with Crippen molar-refractivity contribution >= 4 is 27.3 Å². The number of benzene rings is 1. The van der Waals surface area contributed by atoms with Crippen molar-refractivity contribution in [3.63, 3.8) is 0 Å². The number of carbonyl (C=O) groups is 1. The Bertz CT molecular complexity index is 1100. The summed E-state index contributed by atoms with van der Waals surface area (Å²) in [6.45, 7) is 2.58. The van der Waals surface area contributed by atoms with Crippen LogP contribution in [0.5, 0.6) is 0 Å². The molecule has 1 fully saturated rings. The topological polar surface area (TPSA) is 51.5 Å². The second kappa shape index (κ2) is 7.43. The van der Waals surface area contributed by atoms with Gasteiger partial charge in [0.15, 0.2) is 0 Å². The number of ether oxygens (including phenoxy) is 1. The van der Waals surface area contributed by atoms with Crippen molar-refractivity contribution in [2.24, 2.45) is 5.92 Å². The van der Waals surface area contributed by atoms with Crippen molar-refractivity contribution in [3.05, 3.63) is 58.5 Å². The maximum Gasteiger partial charge on any atom is 0.259 e. The summed E-state index contributed by atoms with van der Waals surface area (Å²) in [6.07, 6.45) is 1.48. The number of amides is 1. The Labute approximate surface area is 173 Å². The molecular weight excluding hydrogens is 384 g/mol. The number of hydrogen-bond acceptors (Lipinski definition) is 4. The molecule has 0 unspecified atom stereocenters. The molecule has 3 aromatic rings. The number of likely N-dealkylation sites (tertiary alicyclic amines) is 1. The van der Waals surface area contributed by atoms with Crippen molar-refractivity contribution in [1.29, 1.82) is 0 Å². The number of pyridine rings is 1. The fraction of sp³-hybridized carbons (Fsp3) is 0.391. The highest BCUT2D eigenvalue weighted by atomic mass is 32.1. The molecule has 2 aliphatic heterocycles. The summed E-state index contributed by atoms with van der Waals surface area (Å²) in [5.41, 5.74) is 1.95. The standard InChI is InChI=1S/C23H24N2O3S/c1-28-9-8-22(26)24-12-15-10-17(14-24)19-7-6-18(23(27)25(19)13-15)21-11-16-4-2-3-5-20(16)29-21/h2-7,11,15,17H,8-10,12-14H2,1H3/t15-,17-/m1/s1. The first-order valence-corrected chi connectivity index (χ1v) is 10.9. The van der Waals surface area contributed by atoms with Gasteiger partial charge in [-0.1, -0.05) is 18.2 Å². The van der Waals surface area contributed by atoms with E-state index < -0.39 is 0 Å². The Morgan fingerprint density at radius 2 is 2.03 bits per heavy atom. The van der Waals surface area contributed by atoms with Gasteiger partial charge in [-0.15, -0.1) is 11.3 Å². The van der Waals surface area contributed by atoms with Gasteiger partial charge in [-0.2, -0.15) is 0 Å². The maximum absolute atomic E-state index is 13.4. The number of methoxy groups -OCH3 is 1. The molecule has 0 N–H and O–H groups in total. The third-order valence-corrected chi connectivity index (χ3v) is 7.32. The first-order valence-electron chi connectivity index (χ1n) is 10.1. The molecular formula is C23H24N2O3S. The van der Waals surface area contributed by atoms with E-state index in [0.29, 0.717) is 32.0 Å². The van der Waals surface area contributed by atoms with Gasteiger partial charge >= 0.3 is 0 Å². The van der Waals surface area contributed by atoms with Crippen LogP contribution in [0.15, 0.2) is 47.3 Å². The fourth-order valence-electron chi connectivity index (χ4n) is 4.80. The average Bonchev–Trinajstić information content (AvgIpc) is 3.16. The van der Waals surface area contributed by atoms with Crippen molar-refractivity contribution in [3.8, 4) is 10.4 Å². The number of thiophene rings is 1. The predicted octanol–water partition coefficient (Wildman–Crippen LogP) is 3.71. The highest BCUT2D eigenvalue weighted by Gasteiger charge is 2.36. The molecule has 29 heavy (non-hydrogen) atoms. The third kappa shape index (κ3) is 3.30. The highest BCUT2D eigenvalue weighted by molar-refractivity contribution is 7.22. The van der Waals surface area contributed by atoms with Crippen molar-refractivity contribution in [2.75, 3.05) is 26.8 Å². The third-order valence-electron chi connectivity index (χ3n) is 6.17. The average molecular weight is 409 g/mol. The van der Waals surface area contributed by atoms with Crippen molar-refractivity contribution in [2.45, 2.75) is 25.3 Å². The largest absolute Gasteiger partial charge is 0.384 e. The minimum absolute atomic E-state index is 0.0999. The molecule has 1 saturated heterocycles. The smallest absolute Gasteiger partial charge is 0.259 e. The quantitative estimate of drug-likeness (QED) is 0.661. The van der Waals surface area contributed by atoms with Gasteiger partial charge < -0.3 is 14.2 Å². The van der Waals surface area contributed by atoms with Crippen LogP contribution >= 0.6 is 11.3 Å². The molecule has 6 heteroatoms. The summed E-state index contributed by atoms with van der Waals surface area (Å²) in [6, 6.07) is 14.4. The van der Waals surface area contributed by atoms with Crippen LogP contribution in [0.4, 0.5) is 0 Å². The first-order chi connectivity index (χ1) is 14.1. The summed E-state index contributed by atoms with van der Waals surface area (Å²) >= 11 is 1.67. The van der Waals surface area contributed by atoms with E-state index in [1.807, 2.05) is 27.7 Å². The van der Waals surface area contributed by atoms with Crippen LogP contribution in [0.1, 0.15) is 24.5 Å². The predicted molar refractivity (Wildman–Crippen MR) is 115 cm³/mol. The monoisotopic (exact) mass is 408 g/mol. The number of fused-ring (bicyclic) bond motifs is 5. The number of rotatable bonds is 4. The highest BCUT2D eigenvalue weighted by Crippen LogP contribution is 2.37. The molecule has 5 rings (SSSR count). The Morgan fingerprint density at radius 3 is 2.86 bits per heavy atom. The van der Waals surface area contributed by atoms with Crippen LogP contribution in [-0.4, -0.2) is 42.2 Å². The van der Waals surface area contributed by atoms with Crippen LogP contribution in [0.3, 0.4) is 0 Å². The van der Waals surface area contributed by atoms with E-state index in [1.165, 1.54) is 10.1 Å². The molecule has 150 valence electrons. The maximum atomic E-state index is 13.4. The molecule has 5 nitrogen and oxygen atoms in total. The van der Waals surface area contributed by atoms with Crippen LogP contribution in [0, 0.1) is 5.92 Å². The van der Waals surface area contributed by atoms with Gasteiger partial charge in [-0.3, -0.25) is 9.59 Å². The number of nitrogens with zero attached hydrogens (tertiary/aromatic N) is 2. The first kappa shape index (κ1) is 18.6. The Hall–Kier alpha value is -2.44. The zero-order valence-electron chi connectivity index (χ0n) is 16.5. The van der Waals surface area contributed by atoms with Gasteiger partial charge in [0.1, 0.15) is 0 Å². The lowest BCUT2D eigenvalue weighted by Crippen LogP contribution is -2.49. The van der Waals surface area contributed by atoms with Gasteiger partial charge in [0, 0.05) is 47.9 Å². The number of hydrogen-bond donors (Lipinski definition) is 0. The summed E-state index contributed by atoms with van der Waals surface area (Å²) in [7, 11) is 1.62. The second-order valence-corrected chi connectivity index (χ2v) is 9.16. The molecule has 2 atom stereocenters. The zero-order chi connectivity index (χ0) is 20.0. The molecule has 2 aromatic heterocycles. The van der Waals surface area contributed by atoms with Crippen molar-refractivity contribution in [1.82, 2.24) is 9.47 Å². The van der Waals surface area contributed by atoms with Crippen LogP contribution in [0.25, 0.3) is 20.5 Å².